The van der Waals surface area contributed by atoms with E-state index in [1.54, 1.807) is 0 Å². The highest BCUT2D eigenvalue weighted by Gasteiger charge is 2.26. The van der Waals surface area contributed by atoms with E-state index in [4.69, 9.17) is 4.74 Å². The molecule has 1 unspecified atom stereocenters. The molecule has 2 aliphatic rings. The Bertz CT molecular complexity index is 355. The largest absolute Gasteiger partial charge is 0.426 e. The molecule has 3 nitrogen and oxygen atoms in total. The van der Waals surface area contributed by atoms with E-state index in [2.05, 4.69) is 6.08 Å². The molecule has 0 aromatic heterocycles. The van der Waals surface area contributed by atoms with E-state index in [0.717, 1.165) is 24.8 Å². The molecule has 1 aliphatic heterocycles. The molecule has 0 bridgehead atoms. The third-order valence-electron chi connectivity index (χ3n) is 3.64. The summed E-state index contributed by atoms with van der Waals surface area (Å²) in [7, 11) is 0. The Morgan fingerprint density at radius 1 is 1.11 bits per heavy atom. The average Bonchev–Trinajstić information content (AvgIpc) is 2.31. The van der Waals surface area contributed by atoms with Gasteiger partial charge in [-0.25, -0.2) is 0 Å². The van der Waals surface area contributed by atoms with Crippen molar-refractivity contribution < 1.29 is 14.6 Å². The Morgan fingerprint density at radius 2 is 1.83 bits per heavy atom. The fraction of sp³-hybridized carbons (Fsp3) is 0.667. The lowest BCUT2D eigenvalue weighted by molar-refractivity contribution is -0.142. The van der Waals surface area contributed by atoms with Crippen LogP contribution in [0.5, 0.6) is 0 Å². The van der Waals surface area contributed by atoms with E-state index < -0.39 is 6.10 Å². The van der Waals surface area contributed by atoms with Crippen LogP contribution in [0, 0.1) is 0 Å². The zero-order valence-electron chi connectivity index (χ0n) is 10.9. The second-order valence-electron chi connectivity index (χ2n) is 5.15. The van der Waals surface area contributed by atoms with Gasteiger partial charge in [-0.3, -0.25) is 4.79 Å². The van der Waals surface area contributed by atoms with Crippen LogP contribution >= 0.6 is 0 Å². The molecule has 1 atom stereocenters. The molecule has 0 saturated heterocycles. The molecule has 0 aromatic rings. The predicted octanol–water partition coefficient (Wildman–Crippen LogP) is 3.24. The first-order chi connectivity index (χ1) is 8.77. The van der Waals surface area contributed by atoms with E-state index in [0.29, 0.717) is 5.76 Å². The summed E-state index contributed by atoms with van der Waals surface area (Å²) in [6.07, 6.45) is 12.6. The molecule has 2 rings (SSSR count). The second-order valence-corrected chi connectivity index (χ2v) is 5.15. The summed E-state index contributed by atoms with van der Waals surface area (Å²) in [6.45, 7) is 0. The topological polar surface area (TPSA) is 46.5 Å². The Kier molecular flexibility index (Phi) is 5.00. The van der Waals surface area contributed by atoms with Crippen molar-refractivity contribution in [3.8, 4) is 0 Å². The van der Waals surface area contributed by atoms with E-state index in [9.17, 15) is 9.90 Å². The number of aliphatic hydroxyl groups is 1. The van der Waals surface area contributed by atoms with Gasteiger partial charge in [0.15, 0.2) is 0 Å². The minimum Gasteiger partial charge on any atom is -0.426 e. The smallest absolute Gasteiger partial charge is 0.314 e. The Hall–Kier alpha value is -1.09. The number of allylic oxidation sites excluding steroid dienone is 2. The summed E-state index contributed by atoms with van der Waals surface area (Å²) in [5.41, 5.74) is 0.909. The lowest BCUT2D eigenvalue weighted by Crippen LogP contribution is -2.25. The van der Waals surface area contributed by atoms with Gasteiger partial charge >= 0.3 is 5.97 Å². The lowest BCUT2D eigenvalue weighted by atomic mass is 9.95. The van der Waals surface area contributed by atoms with E-state index in [-0.39, 0.29) is 12.4 Å². The van der Waals surface area contributed by atoms with Crippen LogP contribution in [0.2, 0.25) is 0 Å². The first-order valence-electron chi connectivity index (χ1n) is 7.05. The van der Waals surface area contributed by atoms with Crippen molar-refractivity contribution in [2.75, 3.05) is 0 Å². The first-order valence-corrected chi connectivity index (χ1v) is 7.05. The minimum absolute atomic E-state index is 0.104. The van der Waals surface area contributed by atoms with Gasteiger partial charge in [0, 0.05) is 5.57 Å². The molecule has 0 saturated carbocycles. The molecule has 0 aromatic carbocycles. The fourth-order valence-corrected chi connectivity index (χ4v) is 2.58. The van der Waals surface area contributed by atoms with Crippen LogP contribution in [0.15, 0.2) is 23.5 Å². The van der Waals surface area contributed by atoms with Crippen LogP contribution in [-0.2, 0) is 9.53 Å². The standard InChI is InChI=1S/C15H22O3/c16-13-11-15(17)18-14-10-8-6-4-2-1-3-5-7-9-12(13)14/h8,10,13,16H,1-7,9,11H2/b10-8+. The average molecular weight is 250 g/mol. The van der Waals surface area contributed by atoms with Crippen molar-refractivity contribution >= 4 is 5.97 Å². The molecular weight excluding hydrogens is 228 g/mol. The Labute approximate surface area is 109 Å². The van der Waals surface area contributed by atoms with Gasteiger partial charge in [-0.1, -0.05) is 31.8 Å². The van der Waals surface area contributed by atoms with Crippen molar-refractivity contribution in [1.29, 1.82) is 0 Å². The SMILES string of the molecule is O=C1CC(O)C2=C(/C=C/CCCCCCCC2)O1. The number of esters is 1. The minimum atomic E-state index is -0.645. The van der Waals surface area contributed by atoms with E-state index >= 15 is 0 Å². The summed E-state index contributed by atoms with van der Waals surface area (Å²) >= 11 is 0. The number of aliphatic hydroxyl groups excluding tert-OH is 1. The van der Waals surface area contributed by atoms with Crippen LogP contribution in [0.1, 0.15) is 57.8 Å². The van der Waals surface area contributed by atoms with Crippen molar-refractivity contribution in [2.24, 2.45) is 0 Å². The highest BCUT2D eigenvalue weighted by atomic mass is 16.5. The second kappa shape index (κ2) is 6.74. The van der Waals surface area contributed by atoms with Crippen molar-refractivity contribution in [2.45, 2.75) is 63.9 Å². The van der Waals surface area contributed by atoms with Gasteiger partial charge in [0.2, 0.25) is 0 Å². The van der Waals surface area contributed by atoms with Gasteiger partial charge in [0.25, 0.3) is 0 Å². The van der Waals surface area contributed by atoms with Gasteiger partial charge in [-0.05, 0) is 31.8 Å². The fourth-order valence-electron chi connectivity index (χ4n) is 2.58. The van der Waals surface area contributed by atoms with Crippen molar-refractivity contribution in [3.05, 3.63) is 23.5 Å². The van der Waals surface area contributed by atoms with Crippen LogP contribution in [0.25, 0.3) is 0 Å². The van der Waals surface area contributed by atoms with Gasteiger partial charge in [0.1, 0.15) is 5.76 Å². The Morgan fingerprint density at radius 3 is 2.67 bits per heavy atom. The molecule has 0 amide bonds. The van der Waals surface area contributed by atoms with E-state index in [1.807, 2.05) is 6.08 Å². The predicted molar refractivity (Wildman–Crippen MR) is 69.8 cm³/mol. The number of carbonyl (C=O) groups is 1. The molecule has 1 aliphatic carbocycles. The summed E-state index contributed by atoms with van der Waals surface area (Å²) < 4.78 is 5.26. The summed E-state index contributed by atoms with van der Waals surface area (Å²) in [5, 5.41) is 9.99. The molecule has 18 heavy (non-hydrogen) atoms. The van der Waals surface area contributed by atoms with E-state index in [1.165, 1.54) is 32.1 Å². The first kappa shape index (κ1) is 13.3. The van der Waals surface area contributed by atoms with Gasteiger partial charge in [-0.2, -0.15) is 0 Å². The maximum absolute atomic E-state index is 11.4. The number of hydrogen-bond acceptors (Lipinski definition) is 3. The molecule has 1 heterocycles. The highest BCUT2D eigenvalue weighted by Crippen LogP contribution is 2.27. The molecular formula is C15H22O3. The Balaban J connectivity index is 2.13. The van der Waals surface area contributed by atoms with Crippen LogP contribution in [0.3, 0.4) is 0 Å². The van der Waals surface area contributed by atoms with Crippen LogP contribution in [-0.4, -0.2) is 17.2 Å². The number of carbonyl (C=O) groups excluding carboxylic acids is 1. The number of hydrogen-bond donors (Lipinski definition) is 1. The maximum atomic E-state index is 11.4. The summed E-state index contributed by atoms with van der Waals surface area (Å²) in [6, 6.07) is 0. The third kappa shape index (κ3) is 3.70. The quantitative estimate of drug-likeness (QED) is 0.671. The zero-order chi connectivity index (χ0) is 12.8. The van der Waals surface area contributed by atoms with Crippen LogP contribution < -0.4 is 0 Å². The molecule has 3 heteroatoms. The summed E-state index contributed by atoms with van der Waals surface area (Å²) in [4.78, 5) is 11.4. The number of rotatable bonds is 0. The van der Waals surface area contributed by atoms with Gasteiger partial charge in [0.05, 0.1) is 12.5 Å². The van der Waals surface area contributed by atoms with Crippen LogP contribution in [0.4, 0.5) is 0 Å². The lowest BCUT2D eigenvalue weighted by Gasteiger charge is -2.23. The monoisotopic (exact) mass is 250 g/mol. The summed E-state index contributed by atoms with van der Waals surface area (Å²) in [5.74, 6) is 0.275. The highest BCUT2D eigenvalue weighted by molar-refractivity contribution is 5.74. The normalized spacial score (nSPS) is 28.7. The van der Waals surface area contributed by atoms with Gasteiger partial charge < -0.3 is 9.84 Å². The molecule has 0 spiro atoms. The molecule has 100 valence electrons. The molecule has 0 radical (unpaired) electrons. The molecule has 1 N–H and O–H groups in total. The third-order valence-corrected chi connectivity index (χ3v) is 3.64. The maximum Gasteiger partial charge on any atom is 0.314 e. The van der Waals surface area contributed by atoms with Crippen molar-refractivity contribution in [1.82, 2.24) is 0 Å². The number of ether oxygens (including phenoxy) is 1. The van der Waals surface area contributed by atoms with Crippen molar-refractivity contribution in [3.63, 3.8) is 0 Å². The molecule has 0 fully saturated rings. The van der Waals surface area contributed by atoms with Gasteiger partial charge in [-0.15, -0.1) is 0 Å². The zero-order valence-corrected chi connectivity index (χ0v) is 10.9.